The topological polar surface area (TPSA) is 105 Å². The third kappa shape index (κ3) is 13.7. The van der Waals surface area contributed by atoms with E-state index >= 15 is 0 Å². The van der Waals surface area contributed by atoms with Crippen LogP contribution in [-0.2, 0) is 33.4 Å². The fourth-order valence-corrected chi connectivity index (χ4v) is 6.90. The van der Waals surface area contributed by atoms with Gasteiger partial charge in [0.15, 0.2) is 0 Å². The molecular weight excluding hydrogens is 715 g/mol. The van der Waals surface area contributed by atoms with Crippen LogP contribution in [0.1, 0.15) is 116 Å². The molecule has 0 bridgehead atoms. The van der Waals surface area contributed by atoms with Crippen molar-refractivity contribution in [3.63, 3.8) is 0 Å². The normalized spacial score (nSPS) is 18.5. The van der Waals surface area contributed by atoms with E-state index in [0.29, 0.717) is 52.1 Å². The van der Waals surface area contributed by atoms with E-state index in [-0.39, 0.29) is 18.6 Å². The molecule has 55 heavy (non-hydrogen) atoms. The van der Waals surface area contributed by atoms with Gasteiger partial charge >= 0.3 is 24.5 Å². The predicted molar refractivity (Wildman–Crippen MR) is 203 cm³/mol. The van der Waals surface area contributed by atoms with Crippen LogP contribution in [0.15, 0.2) is 42.6 Å². The van der Waals surface area contributed by atoms with E-state index in [1.807, 2.05) is 26.8 Å². The molecule has 2 aromatic rings. The number of alkyl halides is 3. The molecule has 1 saturated heterocycles. The highest BCUT2D eigenvalue weighted by molar-refractivity contribution is 5.88. The Bertz CT molecular complexity index is 1570. The van der Waals surface area contributed by atoms with Crippen LogP contribution >= 0.6 is 0 Å². The maximum Gasteiger partial charge on any atom is 0.419 e. The Morgan fingerprint density at radius 1 is 0.818 bits per heavy atom. The van der Waals surface area contributed by atoms with Gasteiger partial charge in [0.2, 0.25) is 0 Å². The Morgan fingerprint density at radius 2 is 1.42 bits per heavy atom. The van der Waals surface area contributed by atoms with E-state index in [9.17, 15) is 27.6 Å². The molecule has 2 heterocycles. The van der Waals surface area contributed by atoms with Crippen LogP contribution in [0.4, 0.5) is 27.6 Å². The SMILES string of the molecule is CC(C)(C)OC(=O)N(CCCCN(C[C@@H]1CN(Cc2ccc(C(F)(F)F)cc2)CCN1C(=O)OC(C)(C)C)[C@H]1CCCc2cccnc21)C(=O)OC(C)(C)C. The average molecular weight is 776 g/mol. The summed E-state index contributed by atoms with van der Waals surface area (Å²) in [6.45, 7) is 18.9. The van der Waals surface area contributed by atoms with Gasteiger partial charge in [0.05, 0.1) is 23.3 Å². The third-order valence-corrected chi connectivity index (χ3v) is 9.24. The zero-order valence-corrected chi connectivity index (χ0v) is 34.0. The number of benzene rings is 1. The van der Waals surface area contributed by atoms with E-state index in [1.54, 1.807) is 52.6 Å². The van der Waals surface area contributed by atoms with E-state index < -0.39 is 46.8 Å². The van der Waals surface area contributed by atoms with Crippen molar-refractivity contribution in [1.29, 1.82) is 0 Å². The minimum atomic E-state index is -4.41. The lowest BCUT2D eigenvalue weighted by Crippen LogP contribution is -2.59. The summed E-state index contributed by atoms with van der Waals surface area (Å²) in [5, 5.41) is 0. The first-order valence-corrected chi connectivity index (χ1v) is 19.3. The first-order chi connectivity index (χ1) is 25.5. The van der Waals surface area contributed by atoms with Crippen LogP contribution in [0.5, 0.6) is 0 Å². The van der Waals surface area contributed by atoms with E-state index in [4.69, 9.17) is 19.2 Å². The lowest BCUT2D eigenvalue weighted by Gasteiger charge is -2.45. The molecule has 1 aromatic carbocycles. The molecule has 1 aliphatic heterocycles. The van der Waals surface area contributed by atoms with Gasteiger partial charge in [0.25, 0.3) is 0 Å². The first-order valence-electron chi connectivity index (χ1n) is 19.3. The molecule has 3 amide bonds. The number of carbonyl (C=O) groups is 3. The van der Waals surface area contributed by atoms with Gasteiger partial charge in [-0.2, -0.15) is 13.2 Å². The standard InChI is InChI=1S/C41H60F3N5O6/c1-38(2,3)53-35(50)48-25-24-46(26-29-17-19-31(20-18-29)41(42,43)44)27-32(48)28-47(33-16-12-14-30-15-13-21-45-34(30)33)22-10-11-23-49(36(51)54-39(4,5)6)37(52)55-40(7,8)9/h13,15,17-21,32-33H,10-12,14,16,22-28H2,1-9H3/t32-,33-/m0/s1. The number of amides is 3. The largest absolute Gasteiger partial charge is 0.444 e. The molecule has 4 rings (SSSR count). The van der Waals surface area contributed by atoms with Gasteiger partial charge in [0, 0.05) is 45.5 Å². The van der Waals surface area contributed by atoms with Gasteiger partial charge in [-0.1, -0.05) is 18.2 Å². The number of unbranched alkanes of at least 4 members (excludes halogenated alkanes) is 1. The molecule has 0 spiro atoms. The van der Waals surface area contributed by atoms with Crippen molar-refractivity contribution in [2.45, 2.75) is 136 Å². The van der Waals surface area contributed by atoms with Gasteiger partial charge in [-0.05, 0) is 130 Å². The Kier molecular flexibility index (Phi) is 14.3. The third-order valence-electron chi connectivity index (χ3n) is 9.24. The minimum Gasteiger partial charge on any atom is -0.444 e. The van der Waals surface area contributed by atoms with Crippen LogP contribution in [0.2, 0.25) is 0 Å². The van der Waals surface area contributed by atoms with E-state index in [2.05, 4.69) is 15.9 Å². The molecule has 306 valence electrons. The fraction of sp³-hybridized carbons (Fsp3) is 0.659. The monoisotopic (exact) mass is 775 g/mol. The molecule has 1 aliphatic carbocycles. The van der Waals surface area contributed by atoms with E-state index in [1.165, 1.54) is 17.7 Å². The Morgan fingerprint density at radius 3 is 2.00 bits per heavy atom. The summed E-state index contributed by atoms with van der Waals surface area (Å²) in [6, 6.07) is 8.91. The molecule has 1 aromatic heterocycles. The van der Waals surface area contributed by atoms with Gasteiger partial charge in [-0.25, -0.2) is 19.3 Å². The number of aryl methyl sites for hydroxylation is 1. The number of carbonyl (C=O) groups excluding carboxylic acids is 3. The minimum absolute atomic E-state index is 0.0384. The summed E-state index contributed by atoms with van der Waals surface area (Å²) in [4.78, 5) is 52.1. The quantitative estimate of drug-likeness (QED) is 0.173. The zero-order valence-electron chi connectivity index (χ0n) is 34.0. The second-order valence-corrected chi connectivity index (χ2v) is 17.5. The predicted octanol–water partition coefficient (Wildman–Crippen LogP) is 8.85. The van der Waals surface area contributed by atoms with Crippen molar-refractivity contribution in [2.75, 3.05) is 39.3 Å². The number of hydrogen-bond donors (Lipinski definition) is 0. The van der Waals surface area contributed by atoms with Gasteiger partial charge in [-0.15, -0.1) is 0 Å². The number of ether oxygens (including phenoxy) is 3. The molecular formula is C41H60F3N5O6. The molecule has 0 unspecified atom stereocenters. The number of fused-ring (bicyclic) bond motifs is 1. The Labute approximate surface area is 324 Å². The second kappa shape index (κ2) is 17.9. The summed E-state index contributed by atoms with van der Waals surface area (Å²) < 4.78 is 56.8. The van der Waals surface area contributed by atoms with Gasteiger partial charge < -0.3 is 19.1 Å². The van der Waals surface area contributed by atoms with Crippen molar-refractivity contribution in [3.05, 3.63) is 65.0 Å². The average Bonchev–Trinajstić information content (AvgIpc) is 3.05. The number of imide groups is 1. The molecule has 0 radical (unpaired) electrons. The Hall–Kier alpha value is -3.91. The highest BCUT2D eigenvalue weighted by Crippen LogP contribution is 2.34. The lowest BCUT2D eigenvalue weighted by atomic mass is 9.90. The lowest BCUT2D eigenvalue weighted by molar-refractivity contribution is -0.137. The number of pyridine rings is 1. The number of rotatable bonds is 10. The molecule has 11 nitrogen and oxygen atoms in total. The van der Waals surface area contributed by atoms with Crippen LogP contribution in [0, 0.1) is 0 Å². The van der Waals surface area contributed by atoms with Crippen LogP contribution in [0.3, 0.4) is 0 Å². The number of hydrogen-bond acceptors (Lipinski definition) is 9. The highest BCUT2D eigenvalue weighted by atomic mass is 19.4. The maximum atomic E-state index is 13.7. The van der Waals surface area contributed by atoms with Crippen molar-refractivity contribution in [1.82, 2.24) is 24.6 Å². The summed E-state index contributed by atoms with van der Waals surface area (Å²) in [7, 11) is 0. The number of halogens is 3. The van der Waals surface area contributed by atoms with Crippen molar-refractivity contribution >= 4 is 18.3 Å². The zero-order chi connectivity index (χ0) is 40.8. The van der Waals surface area contributed by atoms with Crippen molar-refractivity contribution < 1.29 is 41.8 Å². The van der Waals surface area contributed by atoms with Crippen molar-refractivity contribution in [2.24, 2.45) is 0 Å². The summed E-state index contributed by atoms with van der Waals surface area (Å²) >= 11 is 0. The maximum absolute atomic E-state index is 13.7. The van der Waals surface area contributed by atoms with Crippen LogP contribution in [0.25, 0.3) is 0 Å². The molecule has 1 fully saturated rings. The number of aromatic nitrogens is 1. The van der Waals surface area contributed by atoms with E-state index in [0.717, 1.165) is 47.6 Å². The molecule has 2 aliphatic rings. The second-order valence-electron chi connectivity index (χ2n) is 17.5. The fourth-order valence-electron chi connectivity index (χ4n) is 6.90. The molecule has 0 N–H and O–H groups in total. The van der Waals surface area contributed by atoms with Crippen molar-refractivity contribution in [3.8, 4) is 0 Å². The number of nitrogens with zero attached hydrogens (tertiary/aromatic N) is 5. The van der Waals surface area contributed by atoms with Crippen LogP contribution in [-0.4, -0.2) is 105 Å². The summed E-state index contributed by atoms with van der Waals surface area (Å²) in [5.74, 6) is 0. The highest BCUT2D eigenvalue weighted by Gasteiger charge is 2.38. The Balaban J connectivity index is 1.58. The van der Waals surface area contributed by atoms with Gasteiger partial charge in [-0.3, -0.25) is 14.8 Å². The first kappa shape index (κ1) is 43.8. The smallest absolute Gasteiger partial charge is 0.419 e. The molecule has 0 saturated carbocycles. The number of piperazine rings is 1. The summed E-state index contributed by atoms with van der Waals surface area (Å²) in [5.41, 5.74) is -0.0915. The molecule has 2 atom stereocenters. The molecule has 14 heteroatoms. The van der Waals surface area contributed by atoms with Gasteiger partial charge in [0.1, 0.15) is 16.8 Å². The summed E-state index contributed by atoms with van der Waals surface area (Å²) in [6.07, 6.45) is -0.753. The van der Waals surface area contributed by atoms with Crippen LogP contribution < -0.4 is 0 Å².